The van der Waals surface area contributed by atoms with Crippen LogP contribution in [0.1, 0.15) is 24.8 Å². The van der Waals surface area contributed by atoms with Gasteiger partial charge in [-0.3, -0.25) is 0 Å². The fourth-order valence-corrected chi connectivity index (χ4v) is 2.94. The van der Waals surface area contributed by atoms with Gasteiger partial charge in [0.2, 0.25) is 0 Å². The number of rotatable bonds is 5. The lowest BCUT2D eigenvalue weighted by molar-refractivity contribution is 0.192. The second-order valence-electron chi connectivity index (χ2n) is 4.96. The molecule has 2 nitrogen and oxygen atoms in total. The van der Waals surface area contributed by atoms with Crippen molar-refractivity contribution in [2.45, 2.75) is 25.8 Å². The summed E-state index contributed by atoms with van der Waals surface area (Å²) in [5.41, 5.74) is 0.526. The monoisotopic (exact) mass is 271 g/mol. The first-order valence-electron chi connectivity index (χ1n) is 6.47. The first kappa shape index (κ1) is 13.8. The highest BCUT2D eigenvalue weighted by Crippen LogP contribution is 2.30. The van der Waals surface area contributed by atoms with Crippen LogP contribution in [0, 0.1) is 17.7 Å². The molecule has 1 aromatic rings. The van der Waals surface area contributed by atoms with Crippen molar-refractivity contribution in [2.75, 3.05) is 13.2 Å². The highest BCUT2D eigenvalue weighted by molar-refractivity contribution is 6.31. The maximum Gasteiger partial charge on any atom is 0.129 e. The lowest BCUT2D eigenvalue weighted by Crippen LogP contribution is -2.26. The molecule has 4 heteroatoms. The van der Waals surface area contributed by atoms with Crippen LogP contribution in [0.5, 0.6) is 0 Å². The van der Waals surface area contributed by atoms with Crippen molar-refractivity contribution in [3.63, 3.8) is 0 Å². The highest BCUT2D eigenvalue weighted by atomic mass is 35.5. The number of aliphatic hydroxyl groups excluding tert-OH is 1. The van der Waals surface area contributed by atoms with Crippen LogP contribution in [0.15, 0.2) is 18.2 Å². The molecule has 18 heavy (non-hydrogen) atoms. The zero-order valence-electron chi connectivity index (χ0n) is 10.3. The first-order valence-corrected chi connectivity index (χ1v) is 6.84. The Morgan fingerprint density at radius 2 is 2.11 bits per heavy atom. The van der Waals surface area contributed by atoms with Crippen molar-refractivity contribution in [3.05, 3.63) is 34.6 Å². The summed E-state index contributed by atoms with van der Waals surface area (Å²) in [5, 5.41) is 13.0. The summed E-state index contributed by atoms with van der Waals surface area (Å²) in [6.45, 7) is 1.52. The van der Waals surface area contributed by atoms with Crippen molar-refractivity contribution in [1.82, 2.24) is 5.32 Å². The van der Waals surface area contributed by atoms with Crippen molar-refractivity contribution in [1.29, 1.82) is 0 Å². The van der Waals surface area contributed by atoms with Gasteiger partial charge in [-0.05, 0) is 43.4 Å². The highest BCUT2D eigenvalue weighted by Gasteiger charge is 2.26. The van der Waals surface area contributed by atoms with Gasteiger partial charge >= 0.3 is 0 Å². The molecule has 1 aliphatic carbocycles. The molecule has 1 aromatic carbocycles. The van der Waals surface area contributed by atoms with E-state index in [9.17, 15) is 9.50 Å². The molecule has 2 rings (SSSR count). The summed E-state index contributed by atoms with van der Waals surface area (Å²) >= 11 is 5.96. The van der Waals surface area contributed by atoms with Crippen LogP contribution in [0.2, 0.25) is 5.02 Å². The molecule has 100 valence electrons. The van der Waals surface area contributed by atoms with E-state index in [4.69, 9.17) is 11.6 Å². The molecule has 1 fully saturated rings. The summed E-state index contributed by atoms with van der Waals surface area (Å²) in [5.74, 6) is 0.634. The number of nitrogens with one attached hydrogen (secondary N) is 1. The molecule has 0 bridgehead atoms. The predicted octanol–water partition coefficient (Wildman–Crippen LogP) is 2.98. The van der Waals surface area contributed by atoms with Gasteiger partial charge in [0.05, 0.1) is 0 Å². The summed E-state index contributed by atoms with van der Waals surface area (Å²) in [6, 6.07) is 4.74. The van der Waals surface area contributed by atoms with E-state index >= 15 is 0 Å². The summed E-state index contributed by atoms with van der Waals surface area (Å²) in [7, 11) is 0. The Balaban J connectivity index is 1.85. The minimum atomic E-state index is -0.264. The third kappa shape index (κ3) is 3.22. The van der Waals surface area contributed by atoms with Crippen molar-refractivity contribution in [2.24, 2.45) is 11.8 Å². The average Bonchev–Trinajstić information content (AvgIpc) is 2.80. The lowest BCUT2D eigenvalue weighted by atomic mass is 9.97. The maximum absolute atomic E-state index is 13.5. The van der Waals surface area contributed by atoms with Crippen molar-refractivity contribution >= 4 is 11.6 Å². The first-order chi connectivity index (χ1) is 8.72. The van der Waals surface area contributed by atoms with E-state index in [1.165, 1.54) is 12.5 Å². The zero-order chi connectivity index (χ0) is 13.0. The van der Waals surface area contributed by atoms with E-state index in [2.05, 4.69) is 5.32 Å². The standard InChI is InChI=1S/C14H19ClFNO/c15-13-5-2-6-14(16)12(13)8-17-7-10-3-1-4-11(10)9-18/h2,5-6,10-11,17-18H,1,3-4,7-9H2. The number of hydrogen-bond donors (Lipinski definition) is 2. The smallest absolute Gasteiger partial charge is 0.129 e. The molecule has 0 radical (unpaired) electrons. The van der Waals surface area contributed by atoms with Gasteiger partial charge in [-0.15, -0.1) is 0 Å². The van der Waals surface area contributed by atoms with Gasteiger partial charge in [0.15, 0.2) is 0 Å². The maximum atomic E-state index is 13.5. The van der Waals surface area contributed by atoms with Crippen molar-refractivity contribution < 1.29 is 9.50 Å². The van der Waals surface area contributed by atoms with Gasteiger partial charge in [-0.25, -0.2) is 4.39 Å². The Kier molecular flexibility index (Phi) is 4.98. The van der Waals surface area contributed by atoms with Crippen LogP contribution in [0.4, 0.5) is 4.39 Å². The quantitative estimate of drug-likeness (QED) is 0.863. The fourth-order valence-electron chi connectivity index (χ4n) is 2.71. The van der Waals surface area contributed by atoms with Gasteiger partial charge in [0.1, 0.15) is 5.82 Å². The Labute approximate surface area is 112 Å². The normalized spacial score (nSPS) is 23.5. The Morgan fingerprint density at radius 3 is 2.83 bits per heavy atom. The Hall–Kier alpha value is -0.640. The van der Waals surface area contributed by atoms with E-state index in [0.717, 1.165) is 19.4 Å². The van der Waals surface area contributed by atoms with Gasteiger partial charge in [0, 0.05) is 23.7 Å². The number of hydrogen-bond acceptors (Lipinski definition) is 2. The lowest BCUT2D eigenvalue weighted by Gasteiger charge is -2.18. The van der Waals surface area contributed by atoms with E-state index < -0.39 is 0 Å². The zero-order valence-corrected chi connectivity index (χ0v) is 11.1. The van der Waals surface area contributed by atoms with Gasteiger partial charge in [-0.2, -0.15) is 0 Å². The molecule has 0 aliphatic heterocycles. The van der Waals surface area contributed by atoms with Crippen LogP contribution in [0.25, 0.3) is 0 Å². The van der Waals surface area contributed by atoms with Crippen LogP contribution in [-0.2, 0) is 6.54 Å². The number of halogens is 2. The summed E-state index contributed by atoms with van der Waals surface area (Å²) in [6.07, 6.45) is 3.42. The molecular formula is C14H19ClFNO. The van der Waals surface area contributed by atoms with E-state index in [1.54, 1.807) is 12.1 Å². The minimum Gasteiger partial charge on any atom is -0.396 e. The van der Waals surface area contributed by atoms with E-state index in [1.807, 2.05) is 0 Å². The van der Waals surface area contributed by atoms with Crippen LogP contribution >= 0.6 is 11.6 Å². The topological polar surface area (TPSA) is 32.3 Å². The van der Waals surface area contributed by atoms with Crippen LogP contribution in [0.3, 0.4) is 0 Å². The molecule has 2 atom stereocenters. The summed E-state index contributed by atoms with van der Waals surface area (Å²) < 4.78 is 13.5. The van der Waals surface area contributed by atoms with E-state index in [0.29, 0.717) is 29.0 Å². The number of aliphatic hydroxyl groups is 1. The fraction of sp³-hybridized carbons (Fsp3) is 0.571. The second-order valence-corrected chi connectivity index (χ2v) is 5.37. The van der Waals surface area contributed by atoms with Gasteiger partial charge in [-0.1, -0.05) is 24.1 Å². The molecule has 1 aliphatic rings. The Bertz CT molecular complexity index is 379. The largest absolute Gasteiger partial charge is 0.396 e. The molecule has 0 aromatic heterocycles. The molecule has 0 spiro atoms. The van der Waals surface area contributed by atoms with E-state index in [-0.39, 0.29) is 12.4 Å². The van der Waals surface area contributed by atoms with Crippen LogP contribution in [-0.4, -0.2) is 18.3 Å². The third-order valence-electron chi connectivity index (χ3n) is 3.82. The average molecular weight is 272 g/mol. The SMILES string of the molecule is OCC1CCCC1CNCc1c(F)cccc1Cl. The summed E-state index contributed by atoms with van der Waals surface area (Å²) in [4.78, 5) is 0. The third-order valence-corrected chi connectivity index (χ3v) is 4.18. The molecule has 0 heterocycles. The molecule has 1 saturated carbocycles. The number of benzene rings is 1. The molecule has 2 N–H and O–H groups in total. The molecule has 0 amide bonds. The predicted molar refractivity (Wildman–Crippen MR) is 71.0 cm³/mol. The second kappa shape index (κ2) is 6.50. The van der Waals surface area contributed by atoms with Gasteiger partial charge in [0.25, 0.3) is 0 Å². The van der Waals surface area contributed by atoms with Crippen LogP contribution < -0.4 is 5.32 Å². The molecule has 0 saturated heterocycles. The molecular weight excluding hydrogens is 253 g/mol. The van der Waals surface area contributed by atoms with Crippen molar-refractivity contribution in [3.8, 4) is 0 Å². The molecule has 2 unspecified atom stereocenters. The minimum absolute atomic E-state index is 0.257. The Morgan fingerprint density at radius 1 is 1.33 bits per heavy atom. The van der Waals surface area contributed by atoms with Gasteiger partial charge < -0.3 is 10.4 Å².